The number of hydrogen-bond donors (Lipinski definition) is 1. The van der Waals surface area contributed by atoms with Crippen LogP contribution < -0.4 is 5.73 Å². The summed E-state index contributed by atoms with van der Waals surface area (Å²) in [6.45, 7) is 3.30. The van der Waals surface area contributed by atoms with Crippen molar-refractivity contribution in [2.75, 3.05) is 12.3 Å². The van der Waals surface area contributed by atoms with Crippen LogP contribution in [0.2, 0.25) is 5.02 Å². The molecule has 0 aliphatic heterocycles. The van der Waals surface area contributed by atoms with Crippen LogP contribution in [0.5, 0.6) is 0 Å². The van der Waals surface area contributed by atoms with Gasteiger partial charge in [-0.1, -0.05) is 48.9 Å². The molecule has 0 aromatic heterocycles. The number of carbonyl (C=O) groups is 1. The predicted octanol–water partition coefficient (Wildman–Crippen LogP) is 3.97. The summed E-state index contributed by atoms with van der Waals surface area (Å²) in [5.74, 6) is -0.0827. The van der Waals surface area contributed by atoms with Crippen LogP contribution in [0.4, 0.5) is 5.69 Å². The minimum atomic E-state index is -0.0827. The number of nitrogens with zero attached hydrogens (tertiary/aromatic N) is 1. The van der Waals surface area contributed by atoms with Crippen molar-refractivity contribution in [2.45, 2.75) is 19.9 Å². The van der Waals surface area contributed by atoms with E-state index in [-0.39, 0.29) is 5.91 Å². The Morgan fingerprint density at radius 3 is 2.57 bits per heavy atom. The monoisotopic (exact) mass is 302 g/mol. The molecule has 2 aromatic rings. The third kappa shape index (κ3) is 3.99. The Morgan fingerprint density at radius 2 is 1.90 bits per heavy atom. The Bertz CT molecular complexity index is 613. The number of benzene rings is 2. The molecule has 2 aromatic carbocycles. The number of nitrogen functional groups attached to an aromatic ring is 1. The van der Waals surface area contributed by atoms with Crippen molar-refractivity contribution in [3.63, 3.8) is 0 Å². The molecule has 0 aliphatic carbocycles. The maximum atomic E-state index is 12.7. The maximum absolute atomic E-state index is 12.7. The highest BCUT2D eigenvalue weighted by Crippen LogP contribution is 2.20. The Hall–Kier alpha value is -2.00. The zero-order valence-electron chi connectivity index (χ0n) is 12.1. The van der Waals surface area contributed by atoms with Crippen LogP contribution in [-0.2, 0) is 6.54 Å². The quantitative estimate of drug-likeness (QED) is 0.849. The van der Waals surface area contributed by atoms with Crippen molar-refractivity contribution in [1.82, 2.24) is 4.90 Å². The van der Waals surface area contributed by atoms with Gasteiger partial charge < -0.3 is 10.6 Å². The van der Waals surface area contributed by atoms with Gasteiger partial charge in [0.25, 0.3) is 5.91 Å². The zero-order valence-corrected chi connectivity index (χ0v) is 12.8. The molecule has 3 nitrogen and oxygen atoms in total. The number of amides is 1. The van der Waals surface area contributed by atoms with Crippen LogP contribution in [0.25, 0.3) is 0 Å². The van der Waals surface area contributed by atoms with E-state index in [1.165, 1.54) is 0 Å². The minimum absolute atomic E-state index is 0.0827. The van der Waals surface area contributed by atoms with Crippen LogP contribution in [0.1, 0.15) is 29.3 Å². The molecule has 4 heteroatoms. The van der Waals surface area contributed by atoms with E-state index in [0.29, 0.717) is 29.4 Å². The molecular weight excluding hydrogens is 284 g/mol. The fraction of sp³-hybridized carbons (Fsp3) is 0.235. The molecule has 0 radical (unpaired) electrons. The van der Waals surface area contributed by atoms with Gasteiger partial charge in [-0.3, -0.25) is 4.79 Å². The second-order valence-electron chi connectivity index (χ2n) is 4.94. The molecule has 0 unspecified atom stereocenters. The van der Waals surface area contributed by atoms with E-state index in [0.717, 1.165) is 12.0 Å². The first-order chi connectivity index (χ1) is 10.1. The van der Waals surface area contributed by atoms with Crippen LogP contribution in [0.15, 0.2) is 48.5 Å². The molecule has 0 heterocycles. The topological polar surface area (TPSA) is 46.3 Å². The van der Waals surface area contributed by atoms with Crippen LogP contribution in [-0.4, -0.2) is 17.4 Å². The number of rotatable bonds is 5. The average molecular weight is 303 g/mol. The summed E-state index contributed by atoms with van der Waals surface area (Å²) in [4.78, 5) is 14.5. The fourth-order valence-electron chi connectivity index (χ4n) is 2.21. The Labute approximate surface area is 130 Å². The molecule has 0 bridgehead atoms. The van der Waals surface area contributed by atoms with Crippen molar-refractivity contribution >= 4 is 23.2 Å². The van der Waals surface area contributed by atoms with E-state index in [4.69, 9.17) is 17.3 Å². The largest absolute Gasteiger partial charge is 0.398 e. The second kappa shape index (κ2) is 7.14. The van der Waals surface area contributed by atoms with Gasteiger partial charge in [0.05, 0.1) is 5.56 Å². The summed E-state index contributed by atoms with van der Waals surface area (Å²) in [7, 11) is 0. The molecule has 0 atom stereocenters. The smallest absolute Gasteiger partial charge is 0.256 e. The van der Waals surface area contributed by atoms with Gasteiger partial charge >= 0.3 is 0 Å². The molecule has 0 fully saturated rings. The summed E-state index contributed by atoms with van der Waals surface area (Å²) in [5, 5.41) is 0.517. The first-order valence-electron chi connectivity index (χ1n) is 7.00. The maximum Gasteiger partial charge on any atom is 0.256 e. The van der Waals surface area contributed by atoms with Gasteiger partial charge in [-0.05, 0) is 30.2 Å². The Morgan fingerprint density at radius 1 is 1.19 bits per heavy atom. The van der Waals surface area contributed by atoms with E-state index >= 15 is 0 Å². The Balaban J connectivity index is 2.25. The molecule has 0 saturated heterocycles. The average Bonchev–Trinajstić information content (AvgIpc) is 2.49. The van der Waals surface area contributed by atoms with Crippen molar-refractivity contribution in [3.05, 3.63) is 64.7 Å². The van der Waals surface area contributed by atoms with Crippen molar-refractivity contribution in [2.24, 2.45) is 0 Å². The van der Waals surface area contributed by atoms with Gasteiger partial charge in [0.15, 0.2) is 0 Å². The van der Waals surface area contributed by atoms with Crippen LogP contribution in [0, 0.1) is 0 Å². The van der Waals surface area contributed by atoms with Gasteiger partial charge in [-0.2, -0.15) is 0 Å². The van der Waals surface area contributed by atoms with Gasteiger partial charge in [-0.25, -0.2) is 0 Å². The van der Waals surface area contributed by atoms with E-state index in [2.05, 4.69) is 0 Å². The molecule has 2 N–H and O–H groups in total. The number of carbonyl (C=O) groups excluding carboxylic acids is 1. The molecule has 2 rings (SSSR count). The Kier molecular flexibility index (Phi) is 5.23. The van der Waals surface area contributed by atoms with Gasteiger partial charge in [0, 0.05) is 23.8 Å². The van der Waals surface area contributed by atoms with Crippen molar-refractivity contribution in [1.29, 1.82) is 0 Å². The minimum Gasteiger partial charge on any atom is -0.398 e. The standard InChI is InChI=1S/C17H19ClN2O/c1-2-10-20(12-13-6-4-3-5-7-13)17(21)15-11-14(18)8-9-16(15)19/h3-9,11H,2,10,12,19H2,1H3. The molecule has 0 saturated carbocycles. The summed E-state index contributed by atoms with van der Waals surface area (Å²) in [6, 6.07) is 14.9. The second-order valence-corrected chi connectivity index (χ2v) is 5.38. The lowest BCUT2D eigenvalue weighted by Crippen LogP contribution is -2.31. The van der Waals surface area contributed by atoms with E-state index in [1.807, 2.05) is 37.3 Å². The summed E-state index contributed by atoms with van der Waals surface area (Å²) >= 11 is 5.98. The molecule has 21 heavy (non-hydrogen) atoms. The van der Waals surface area contributed by atoms with Gasteiger partial charge in [0.1, 0.15) is 0 Å². The molecule has 1 amide bonds. The summed E-state index contributed by atoms with van der Waals surface area (Å²) in [5.41, 5.74) is 7.93. The van der Waals surface area contributed by atoms with E-state index in [1.54, 1.807) is 23.1 Å². The number of nitrogens with two attached hydrogens (primary N) is 1. The van der Waals surface area contributed by atoms with Gasteiger partial charge in [-0.15, -0.1) is 0 Å². The fourth-order valence-corrected chi connectivity index (χ4v) is 2.38. The predicted molar refractivity (Wildman–Crippen MR) is 87.3 cm³/mol. The normalized spacial score (nSPS) is 10.4. The molecule has 110 valence electrons. The van der Waals surface area contributed by atoms with E-state index in [9.17, 15) is 4.79 Å². The van der Waals surface area contributed by atoms with Crippen LogP contribution in [0.3, 0.4) is 0 Å². The molecule has 0 spiro atoms. The number of anilines is 1. The molecule has 0 aliphatic rings. The first kappa shape index (κ1) is 15.4. The lowest BCUT2D eigenvalue weighted by molar-refractivity contribution is 0.0744. The highest BCUT2D eigenvalue weighted by molar-refractivity contribution is 6.31. The number of hydrogen-bond acceptors (Lipinski definition) is 2. The van der Waals surface area contributed by atoms with Crippen LogP contribution >= 0.6 is 11.6 Å². The first-order valence-corrected chi connectivity index (χ1v) is 7.38. The van der Waals surface area contributed by atoms with E-state index < -0.39 is 0 Å². The van der Waals surface area contributed by atoms with Gasteiger partial charge in [0.2, 0.25) is 0 Å². The number of halogens is 1. The highest BCUT2D eigenvalue weighted by Gasteiger charge is 2.18. The third-order valence-corrected chi connectivity index (χ3v) is 3.48. The zero-order chi connectivity index (χ0) is 15.2. The summed E-state index contributed by atoms with van der Waals surface area (Å²) < 4.78 is 0. The lowest BCUT2D eigenvalue weighted by Gasteiger charge is -2.23. The third-order valence-electron chi connectivity index (χ3n) is 3.24. The summed E-state index contributed by atoms with van der Waals surface area (Å²) in [6.07, 6.45) is 0.888. The molecular formula is C17H19ClN2O. The lowest BCUT2D eigenvalue weighted by atomic mass is 10.1. The SMILES string of the molecule is CCCN(Cc1ccccc1)C(=O)c1cc(Cl)ccc1N. The highest BCUT2D eigenvalue weighted by atomic mass is 35.5. The van der Waals surface area contributed by atoms with Crippen molar-refractivity contribution in [3.8, 4) is 0 Å². The van der Waals surface area contributed by atoms with Crippen molar-refractivity contribution < 1.29 is 4.79 Å².